The summed E-state index contributed by atoms with van der Waals surface area (Å²) in [6, 6.07) is 0.202. The fourth-order valence-electron chi connectivity index (χ4n) is 3.00. The maximum atomic E-state index is 12.6. The van der Waals surface area contributed by atoms with Crippen LogP contribution < -0.4 is 0 Å². The fraction of sp³-hybridized carbons (Fsp3) is 0.786. The summed E-state index contributed by atoms with van der Waals surface area (Å²) in [7, 11) is 0. The predicted octanol–water partition coefficient (Wildman–Crippen LogP) is 1.50. The topological polar surface area (TPSA) is 71.1 Å². The lowest BCUT2D eigenvalue weighted by Gasteiger charge is -2.37. The molecule has 2 fully saturated rings. The van der Waals surface area contributed by atoms with Crippen molar-refractivity contribution in [2.45, 2.75) is 57.6 Å². The van der Waals surface area contributed by atoms with Gasteiger partial charge < -0.3 is 9.64 Å². The third-order valence-corrected chi connectivity index (χ3v) is 4.13. The number of H-pyrrole nitrogens is 1. The summed E-state index contributed by atoms with van der Waals surface area (Å²) < 4.78 is 5.74. The number of hydrogen-bond donors (Lipinski definition) is 1. The van der Waals surface area contributed by atoms with Crippen molar-refractivity contribution in [3.63, 3.8) is 0 Å². The smallest absolute Gasteiger partial charge is 0.293 e. The number of hydrogen-bond acceptors (Lipinski definition) is 4. The van der Waals surface area contributed by atoms with Gasteiger partial charge in [-0.05, 0) is 19.3 Å². The van der Waals surface area contributed by atoms with E-state index in [4.69, 9.17) is 4.74 Å². The number of aromatic amines is 1. The number of nitrogens with zero attached hydrogens (tertiary/aromatic N) is 3. The highest BCUT2D eigenvalue weighted by Gasteiger charge is 2.39. The molecule has 1 saturated carbocycles. The number of nitrogens with one attached hydrogen (secondary N) is 1. The molecule has 110 valence electrons. The van der Waals surface area contributed by atoms with E-state index in [1.54, 1.807) is 0 Å². The largest absolute Gasteiger partial charge is 0.374 e. The second kappa shape index (κ2) is 4.84. The Hall–Kier alpha value is -1.43. The van der Waals surface area contributed by atoms with E-state index in [0.29, 0.717) is 13.2 Å². The maximum absolute atomic E-state index is 12.6. The van der Waals surface area contributed by atoms with E-state index in [-0.39, 0.29) is 29.3 Å². The van der Waals surface area contributed by atoms with E-state index < -0.39 is 0 Å². The van der Waals surface area contributed by atoms with E-state index in [2.05, 4.69) is 15.2 Å². The Bertz CT molecular complexity index is 506. The molecule has 6 nitrogen and oxygen atoms in total. The summed E-state index contributed by atoms with van der Waals surface area (Å²) in [5.74, 6) is 0.955. The first kappa shape index (κ1) is 13.5. The van der Waals surface area contributed by atoms with Gasteiger partial charge in [-0.3, -0.25) is 9.89 Å². The number of morpholine rings is 1. The van der Waals surface area contributed by atoms with E-state index in [9.17, 15) is 4.79 Å². The zero-order valence-electron chi connectivity index (χ0n) is 12.3. The Morgan fingerprint density at radius 3 is 2.90 bits per heavy atom. The molecule has 1 amide bonds. The monoisotopic (exact) mass is 278 g/mol. The Morgan fingerprint density at radius 1 is 1.40 bits per heavy atom. The Kier molecular flexibility index (Phi) is 3.28. The number of carbonyl (C=O) groups excluding carboxylic acids is 1. The quantitative estimate of drug-likeness (QED) is 0.845. The first-order valence-corrected chi connectivity index (χ1v) is 7.32. The maximum Gasteiger partial charge on any atom is 0.293 e. The number of amides is 1. The van der Waals surface area contributed by atoms with Gasteiger partial charge in [0.1, 0.15) is 5.82 Å². The van der Waals surface area contributed by atoms with Crippen molar-refractivity contribution in [1.29, 1.82) is 0 Å². The molecule has 0 bridgehead atoms. The third kappa shape index (κ3) is 2.32. The number of carbonyl (C=O) groups is 1. The number of rotatable bonds is 1. The van der Waals surface area contributed by atoms with Crippen LogP contribution in [0.4, 0.5) is 0 Å². The van der Waals surface area contributed by atoms with Crippen LogP contribution in [0.5, 0.6) is 0 Å². The van der Waals surface area contributed by atoms with E-state index >= 15 is 0 Å². The van der Waals surface area contributed by atoms with Crippen LogP contribution in [0.1, 0.15) is 56.5 Å². The van der Waals surface area contributed by atoms with Gasteiger partial charge in [0.25, 0.3) is 5.91 Å². The SMILES string of the molecule is CC(C)(C)c1nc(C(=O)N2CCOC3CCCC32)n[nH]1. The summed E-state index contributed by atoms with van der Waals surface area (Å²) in [6.45, 7) is 7.39. The van der Waals surface area contributed by atoms with Gasteiger partial charge in [-0.25, -0.2) is 4.98 Å². The van der Waals surface area contributed by atoms with Gasteiger partial charge in [-0.15, -0.1) is 5.10 Å². The third-order valence-electron chi connectivity index (χ3n) is 4.13. The second-order valence-corrected chi connectivity index (χ2v) is 6.66. The van der Waals surface area contributed by atoms with Gasteiger partial charge in [0.2, 0.25) is 5.82 Å². The molecule has 2 heterocycles. The number of aromatic nitrogens is 3. The summed E-state index contributed by atoms with van der Waals surface area (Å²) in [5.41, 5.74) is -0.133. The van der Waals surface area contributed by atoms with Gasteiger partial charge in [0.15, 0.2) is 0 Å². The van der Waals surface area contributed by atoms with Crippen molar-refractivity contribution in [3.8, 4) is 0 Å². The lowest BCUT2D eigenvalue weighted by atomic mass is 9.96. The molecule has 1 N–H and O–H groups in total. The fourth-order valence-corrected chi connectivity index (χ4v) is 3.00. The molecule has 2 unspecified atom stereocenters. The van der Waals surface area contributed by atoms with Gasteiger partial charge in [-0.1, -0.05) is 20.8 Å². The molecule has 0 aromatic carbocycles. The summed E-state index contributed by atoms with van der Waals surface area (Å²) in [6.07, 6.45) is 3.40. The highest BCUT2D eigenvalue weighted by atomic mass is 16.5. The average Bonchev–Trinajstić information content (AvgIpc) is 3.05. The van der Waals surface area contributed by atoms with E-state index in [0.717, 1.165) is 25.1 Å². The van der Waals surface area contributed by atoms with Gasteiger partial charge in [-0.2, -0.15) is 0 Å². The first-order valence-electron chi connectivity index (χ1n) is 7.32. The zero-order valence-corrected chi connectivity index (χ0v) is 12.3. The van der Waals surface area contributed by atoms with Crippen LogP contribution in [0.25, 0.3) is 0 Å². The molecular formula is C14H22N4O2. The van der Waals surface area contributed by atoms with Crippen LogP contribution >= 0.6 is 0 Å². The number of ether oxygens (including phenoxy) is 1. The molecule has 6 heteroatoms. The molecular weight excluding hydrogens is 256 g/mol. The van der Waals surface area contributed by atoms with Crippen LogP contribution in [0.15, 0.2) is 0 Å². The summed E-state index contributed by atoms with van der Waals surface area (Å²) in [4.78, 5) is 18.9. The van der Waals surface area contributed by atoms with Crippen LogP contribution in [-0.2, 0) is 10.2 Å². The minimum Gasteiger partial charge on any atom is -0.374 e. The summed E-state index contributed by atoms with van der Waals surface area (Å²) in [5, 5.41) is 6.99. The molecule has 0 spiro atoms. The molecule has 1 aromatic rings. The van der Waals surface area contributed by atoms with E-state index in [1.807, 2.05) is 25.7 Å². The lowest BCUT2D eigenvalue weighted by Crippen LogP contribution is -2.51. The molecule has 20 heavy (non-hydrogen) atoms. The van der Waals surface area contributed by atoms with Crippen LogP contribution in [-0.4, -0.2) is 51.3 Å². The highest BCUT2D eigenvalue weighted by Crippen LogP contribution is 2.30. The van der Waals surface area contributed by atoms with Crippen molar-refractivity contribution in [1.82, 2.24) is 20.1 Å². The lowest BCUT2D eigenvalue weighted by molar-refractivity contribution is -0.0449. The predicted molar refractivity (Wildman–Crippen MR) is 73.5 cm³/mol. The Morgan fingerprint density at radius 2 is 2.20 bits per heavy atom. The van der Waals surface area contributed by atoms with Gasteiger partial charge >= 0.3 is 0 Å². The molecule has 3 rings (SSSR count). The van der Waals surface area contributed by atoms with Gasteiger partial charge in [0, 0.05) is 12.0 Å². The van der Waals surface area contributed by atoms with Crippen molar-refractivity contribution in [3.05, 3.63) is 11.6 Å². The summed E-state index contributed by atoms with van der Waals surface area (Å²) >= 11 is 0. The van der Waals surface area contributed by atoms with E-state index in [1.165, 1.54) is 0 Å². The minimum atomic E-state index is -0.133. The Balaban J connectivity index is 1.80. The van der Waals surface area contributed by atoms with Crippen molar-refractivity contribution in [2.75, 3.05) is 13.2 Å². The molecule has 0 radical (unpaired) electrons. The normalized spacial score (nSPS) is 26.6. The molecule has 1 aliphatic heterocycles. The second-order valence-electron chi connectivity index (χ2n) is 6.66. The molecule has 1 saturated heterocycles. The van der Waals surface area contributed by atoms with Crippen LogP contribution in [0.3, 0.4) is 0 Å². The van der Waals surface area contributed by atoms with Crippen LogP contribution in [0.2, 0.25) is 0 Å². The first-order chi connectivity index (χ1) is 9.47. The molecule has 1 aliphatic carbocycles. The molecule has 2 atom stereocenters. The standard InChI is InChI=1S/C14H22N4O2/c1-14(2,3)13-15-11(16-17-13)12(19)18-7-8-20-10-6-4-5-9(10)18/h9-10H,4-8H2,1-3H3,(H,15,16,17). The van der Waals surface area contributed by atoms with Gasteiger partial charge in [0.05, 0.1) is 18.8 Å². The average molecular weight is 278 g/mol. The van der Waals surface area contributed by atoms with Crippen molar-refractivity contribution in [2.24, 2.45) is 0 Å². The molecule has 2 aliphatic rings. The zero-order chi connectivity index (χ0) is 14.3. The minimum absolute atomic E-state index is 0.0723. The Labute approximate surface area is 118 Å². The van der Waals surface area contributed by atoms with Crippen molar-refractivity contribution < 1.29 is 9.53 Å². The highest BCUT2D eigenvalue weighted by molar-refractivity contribution is 5.90. The number of fused-ring (bicyclic) bond motifs is 1. The molecule has 1 aromatic heterocycles. The van der Waals surface area contributed by atoms with Crippen molar-refractivity contribution >= 4 is 5.91 Å². The van der Waals surface area contributed by atoms with Crippen LogP contribution in [0, 0.1) is 0 Å².